The van der Waals surface area contributed by atoms with Gasteiger partial charge in [0.2, 0.25) is 0 Å². The van der Waals surface area contributed by atoms with Crippen molar-refractivity contribution >= 4 is 23.0 Å². The molecular weight excluding hydrogens is 319 g/mol. The summed E-state index contributed by atoms with van der Waals surface area (Å²) in [7, 11) is 3.98. The van der Waals surface area contributed by atoms with Crippen molar-refractivity contribution < 1.29 is 17.9 Å². The number of hydrogen-bond acceptors (Lipinski definition) is 4. The number of thiocarbonyl (C=S) groups is 1. The minimum Gasteiger partial charge on any atom is -0.362 e. The van der Waals surface area contributed by atoms with Crippen LogP contribution in [0.1, 0.15) is 6.42 Å². The van der Waals surface area contributed by atoms with E-state index in [0.717, 1.165) is 19.5 Å². The maximum atomic E-state index is 11.9. The fraction of sp³-hybridized carbons (Fsp3) is 0.667. The molecule has 6 nitrogen and oxygen atoms in total. The first-order valence-electron chi connectivity index (χ1n) is 6.63. The van der Waals surface area contributed by atoms with E-state index in [1.165, 1.54) is 17.1 Å². The van der Waals surface area contributed by atoms with Crippen molar-refractivity contribution in [1.29, 1.82) is 0 Å². The SMILES string of the molecule is CN(C)CCCNC(=S)Nc1cnn(COCC(F)(F)F)c1. The van der Waals surface area contributed by atoms with E-state index < -0.39 is 12.8 Å². The molecule has 0 spiro atoms. The summed E-state index contributed by atoms with van der Waals surface area (Å²) in [5, 5.41) is 10.3. The lowest BCUT2D eigenvalue weighted by molar-refractivity contribution is -0.182. The quantitative estimate of drug-likeness (QED) is 0.555. The second-order valence-electron chi connectivity index (χ2n) is 4.90. The molecule has 1 heterocycles. The van der Waals surface area contributed by atoms with Gasteiger partial charge in [0.15, 0.2) is 5.11 Å². The van der Waals surface area contributed by atoms with E-state index in [4.69, 9.17) is 12.2 Å². The Morgan fingerprint density at radius 3 is 2.82 bits per heavy atom. The molecule has 0 unspecified atom stereocenters. The predicted molar refractivity (Wildman–Crippen MR) is 81.6 cm³/mol. The summed E-state index contributed by atoms with van der Waals surface area (Å²) in [6.45, 7) is 0.0998. The van der Waals surface area contributed by atoms with Crippen molar-refractivity contribution in [3.63, 3.8) is 0 Å². The molecule has 0 fully saturated rings. The number of nitrogens with zero attached hydrogens (tertiary/aromatic N) is 3. The van der Waals surface area contributed by atoms with Crippen LogP contribution in [0.5, 0.6) is 0 Å². The maximum Gasteiger partial charge on any atom is 0.411 e. The molecule has 10 heteroatoms. The van der Waals surface area contributed by atoms with Gasteiger partial charge in [0.05, 0.1) is 18.1 Å². The highest BCUT2D eigenvalue weighted by Crippen LogP contribution is 2.14. The van der Waals surface area contributed by atoms with Crippen LogP contribution in [0.25, 0.3) is 0 Å². The summed E-state index contributed by atoms with van der Waals surface area (Å²) in [4.78, 5) is 2.07. The smallest absolute Gasteiger partial charge is 0.362 e. The summed E-state index contributed by atoms with van der Waals surface area (Å²) in [5.74, 6) is 0. The Balaban J connectivity index is 2.25. The molecule has 0 saturated carbocycles. The fourth-order valence-electron chi connectivity index (χ4n) is 1.53. The Morgan fingerprint density at radius 1 is 1.45 bits per heavy atom. The van der Waals surface area contributed by atoms with Gasteiger partial charge in [0.1, 0.15) is 13.3 Å². The van der Waals surface area contributed by atoms with Crippen LogP contribution >= 0.6 is 12.2 Å². The van der Waals surface area contributed by atoms with Crippen LogP contribution in [-0.2, 0) is 11.5 Å². The number of alkyl halides is 3. The van der Waals surface area contributed by atoms with Gasteiger partial charge in [-0.2, -0.15) is 18.3 Å². The van der Waals surface area contributed by atoms with Gasteiger partial charge in [-0.25, -0.2) is 4.68 Å². The zero-order valence-electron chi connectivity index (χ0n) is 12.5. The molecule has 126 valence electrons. The van der Waals surface area contributed by atoms with Gasteiger partial charge < -0.3 is 20.3 Å². The van der Waals surface area contributed by atoms with E-state index in [1.807, 2.05) is 14.1 Å². The molecule has 0 saturated heterocycles. The third-order valence-corrected chi connectivity index (χ3v) is 2.69. The lowest BCUT2D eigenvalue weighted by Gasteiger charge is -2.11. The Bertz CT molecular complexity index is 464. The summed E-state index contributed by atoms with van der Waals surface area (Å²) in [5.41, 5.74) is 0.584. The van der Waals surface area contributed by atoms with E-state index in [0.29, 0.717) is 10.8 Å². The molecule has 1 rings (SSSR count). The molecule has 2 N–H and O–H groups in total. The average molecular weight is 339 g/mol. The van der Waals surface area contributed by atoms with Gasteiger partial charge in [-0.15, -0.1) is 0 Å². The average Bonchev–Trinajstić information content (AvgIpc) is 2.80. The highest BCUT2D eigenvalue weighted by molar-refractivity contribution is 7.80. The van der Waals surface area contributed by atoms with Gasteiger partial charge in [0, 0.05) is 6.54 Å². The molecule has 22 heavy (non-hydrogen) atoms. The van der Waals surface area contributed by atoms with Crippen molar-refractivity contribution in [2.75, 3.05) is 39.1 Å². The Kier molecular flexibility index (Phi) is 7.56. The molecule has 0 amide bonds. The van der Waals surface area contributed by atoms with Crippen LogP contribution in [0, 0.1) is 0 Å². The van der Waals surface area contributed by atoms with Crippen LogP contribution in [0.15, 0.2) is 12.4 Å². The second kappa shape index (κ2) is 8.91. The van der Waals surface area contributed by atoms with Crippen LogP contribution in [0.4, 0.5) is 18.9 Å². The molecule has 1 aromatic heterocycles. The van der Waals surface area contributed by atoms with Crippen molar-refractivity contribution in [3.05, 3.63) is 12.4 Å². The van der Waals surface area contributed by atoms with Gasteiger partial charge >= 0.3 is 6.18 Å². The molecule has 0 aliphatic rings. The number of aromatic nitrogens is 2. The number of ether oxygens (including phenoxy) is 1. The third kappa shape index (κ3) is 8.80. The van der Waals surface area contributed by atoms with Crippen LogP contribution < -0.4 is 10.6 Å². The van der Waals surface area contributed by atoms with E-state index >= 15 is 0 Å². The number of halogens is 3. The topological polar surface area (TPSA) is 54.3 Å². The maximum absolute atomic E-state index is 11.9. The zero-order chi connectivity index (χ0) is 16.6. The van der Waals surface area contributed by atoms with Crippen molar-refractivity contribution in [1.82, 2.24) is 20.0 Å². The van der Waals surface area contributed by atoms with E-state index in [-0.39, 0.29) is 6.73 Å². The minimum absolute atomic E-state index is 0.274. The summed E-state index contributed by atoms with van der Waals surface area (Å²) >= 11 is 5.11. The molecule has 1 aromatic rings. The van der Waals surface area contributed by atoms with Gasteiger partial charge in [-0.05, 0) is 39.3 Å². The predicted octanol–water partition coefficient (Wildman–Crippen LogP) is 1.66. The van der Waals surface area contributed by atoms with Crippen molar-refractivity contribution in [3.8, 4) is 0 Å². The summed E-state index contributed by atoms with van der Waals surface area (Å²) < 4.78 is 41.6. The molecule has 0 atom stereocenters. The van der Waals surface area contributed by atoms with Gasteiger partial charge in [0.25, 0.3) is 0 Å². The van der Waals surface area contributed by atoms with Gasteiger partial charge in [-0.1, -0.05) is 0 Å². The van der Waals surface area contributed by atoms with Crippen molar-refractivity contribution in [2.24, 2.45) is 0 Å². The molecule has 0 aliphatic heterocycles. The molecule has 0 aromatic carbocycles. The number of anilines is 1. The number of rotatable bonds is 8. The van der Waals surface area contributed by atoms with E-state index in [2.05, 4.69) is 25.4 Å². The lowest BCUT2D eigenvalue weighted by atomic mass is 10.4. The zero-order valence-corrected chi connectivity index (χ0v) is 13.3. The monoisotopic (exact) mass is 339 g/mol. The first-order chi connectivity index (χ1) is 10.3. The van der Waals surface area contributed by atoms with Gasteiger partial charge in [-0.3, -0.25) is 0 Å². The first kappa shape index (κ1) is 18.7. The second-order valence-corrected chi connectivity index (χ2v) is 5.31. The Hall–Kier alpha value is -1.39. The Morgan fingerprint density at radius 2 is 2.18 bits per heavy atom. The normalized spacial score (nSPS) is 11.7. The highest BCUT2D eigenvalue weighted by atomic mass is 32.1. The molecule has 0 bridgehead atoms. The van der Waals surface area contributed by atoms with Crippen molar-refractivity contribution in [2.45, 2.75) is 19.3 Å². The lowest BCUT2D eigenvalue weighted by Crippen LogP contribution is -2.30. The number of hydrogen-bond donors (Lipinski definition) is 2. The summed E-state index contributed by atoms with van der Waals surface area (Å²) in [6, 6.07) is 0. The molecular formula is C12H20F3N5OS. The number of nitrogens with one attached hydrogen (secondary N) is 2. The third-order valence-electron chi connectivity index (χ3n) is 2.45. The highest BCUT2D eigenvalue weighted by Gasteiger charge is 2.27. The standard InChI is InChI=1S/C12H20F3N5OS/c1-19(2)5-3-4-16-11(22)18-10-6-17-20(7-10)9-21-8-12(13,14)15/h6-7H,3-5,8-9H2,1-2H3,(H2,16,18,22). The van der Waals surface area contributed by atoms with Crippen LogP contribution in [0.3, 0.4) is 0 Å². The Labute approximate surface area is 132 Å². The van der Waals surface area contributed by atoms with E-state index in [9.17, 15) is 13.2 Å². The molecule has 0 radical (unpaired) electrons. The van der Waals surface area contributed by atoms with Crippen LogP contribution in [-0.4, -0.2) is 59.8 Å². The largest absolute Gasteiger partial charge is 0.411 e. The summed E-state index contributed by atoms with van der Waals surface area (Å²) in [6.07, 6.45) is -0.416. The first-order valence-corrected chi connectivity index (χ1v) is 7.03. The molecule has 0 aliphatic carbocycles. The minimum atomic E-state index is -4.34. The van der Waals surface area contributed by atoms with E-state index in [1.54, 1.807) is 0 Å². The fourth-order valence-corrected chi connectivity index (χ4v) is 1.75. The van der Waals surface area contributed by atoms with Crippen LogP contribution in [0.2, 0.25) is 0 Å².